The highest BCUT2D eigenvalue weighted by Gasteiger charge is 2.12. The van der Waals surface area contributed by atoms with Crippen LogP contribution in [0, 0.1) is 29.9 Å². The molecule has 21 heavy (non-hydrogen) atoms. The molecule has 0 aromatic heterocycles. The lowest BCUT2D eigenvalue weighted by atomic mass is 10.1. The Morgan fingerprint density at radius 1 is 1.10 bits per heavy atom. The topological polar surface area (TPSA) is 39.1 Å². The highest BCUT2D eigenvalue weighted by molar-refractivity contribution is 5.68. The summed E-state index contributed by atoms with van der Waals surface area (Å²) < 4.78 is 27.7. The van der Waals surface area contributed by atoms with Crippen molar-refractivity contribution in [2.75, 3.05) is 24.3 Å². The van der Waals surface area contributed by atoms with Gasteiger partial charge in [-0.2, -0.15) is 5.26 Å². The van der Waals surface area contributed by atoms with Crippen molar-refractivity contribution in [1.29, 1.82) is 5.26 Å². The van der Waals surface area contributed by atoms with Gasteiger partial charge in [-0.25, -0.2) is 8.78 Å². The van der Waals surface area contributed by atoms with Crippen molar-refractivity contribution < 1.29 is 8.78 Å². The molecule has 0 saturated carbocycles. The number of nitrogens with one attached hydrogen (secondary N) is 1. The minimum Gasteiger partial charge on any atom is -0.377 e. The Kier molecular flexibility index (Phi) is 4.08. The molecule has 0 bridgehead atoms. The molecule has 0 spiro atoms. The molecule has 2 aromatic carbocycles. The molecule has 108 valence electrons. The molecule has 0 aliphatic heterocycles. The predicted octanol–water partition coefficient (Wildman–Crippen LogP) is 3.95. The van der Waals surface area contributed by atoms with Gasteiger partial charge >= 0.3 is 0 Å². The lowest BCUT2D eigenvalue weighted by Gasteiger charge is -2.18. The zero-order valence-electron chi connectivity index (χ0n) is 12.0. The van der Waals surface area contributed by atoms with Gasteiger partial charge in [-0.05, 0) is 36.8 Å². The summed E-state index contributed by atoms with van der Waals surface area (Å²) in [5.74, 6) is -1.59. The van der Waals surface area contributed by atoms with E-state index in [2.05, 4.69) is 5.32 Å². The second-order valence-corrected chi connectivity index (χ2v) is 4.95. The molecule has 0 amide bonds. The van der Waals surface area contributed by atoms with E-state index in [1.807, 2.05) is 38.1 Å². The van der Waals surface area contributed by atoms with Gasteiger partial charge in [0.05, 0.1) is 11.6 Å². The molecule has 0 aliphatic rings. The number of nitrogens with zero attached hydrogens (tertiary/aromatic N) is 2. The van der Waals surface area contributed by atoms with Crippen molar-refractivity contribution >= 4 is 17.1 Å². The summed E-state index contributed by atoms with van der Waals surface area (Å²) in [6.45, 7) is 1.96. The summed E-state index contributed by atoms with van der Waals surface area (Å²) in [7, 11) is 3.80. The van der Waals surface area contributed by atoms with Gasteiger partial charge in [0.15, 0.2) is 11.6 Å². The van der Waals surface area contributed by atoms with E-state index in [9.17, 15) is 8.78 Å². The highest BCUT2D eigenvalue weighted by atomic mass is 19.1. The van der Waals surface area contributed by atoms with Crippen molar-refractivity contribution in [1.82, 2.24) is 0 Å². The van der Waals surface area contributed by atoms with Crippen LogP contribution in [0.15, 0.2) is 30.3 Å². The fourth-order valence-electron chi connectivity index (χ4n) is 2.07. The fraction of sp³-hybridized carbons (Fsp3) is 0.188. The molecule has 0 saturated heterocycles. The van der Waals surface area contributed by atoms with Crippen LogP contribution in [-0.4, -0.2) is 14.1 Å². The third kappa shape index (κ3) is 3.11. The maximum atomic E-state index is 13.9. The number of nitriles is 1. The van der Waals surface area contributed by atoms with Gasteiger partial charge in [-0.3, -0.25) is 0 Å². The number of rotatable bonds is 3. The molecule has 0 atom stereocenters. The largest absolute Gasteiger partial charge is 0.377 e. The van der Waals surface area contributed by atoms with E-state index in [0.29, 0.717) is 5.69 Å². The minimum absolute atomic E-state index is 0.0477. The summed E-state index contributed by atoms with van der Waals surface area (Å²) in [5, 5.41) is 11.4. The first-order valence-electron chi connectivity index (χ1n) is 6.36. The van der Waals surface area contributed by atoms with E-state index in [-0.39, 0.29) is 11.3 Å². The van der Waals surface area contributed by atoms with Crippen LogP contribution in [0.3, 0.4) is 0 Å². The van der Waals surface area contributed by atoms with Crippen LogP contribution >= 0.6 is 0 Å². The Labute approximate surface area is 122 Å². The summed E-state index contributed by atoms with van der Waals surface area (Å²) in [6.07, 6.45) is 0. The van der Waals surface area contributed by atoms with E-state index in [0.717, 1.165) is 23.4 Å². The van der Waals surface area contributed by atoms with Gasteiger partial charge in [0, 0.05) is 25.5 Å². The molecule has 1 N–H and O–H groups in total. The third-order valence-corrected chi connectivity index (χ3v) is 3.13. The number of benzene rings is 2. The Morgan fingerprint density at radius 3 is 2.24 bits per heavy atom. The number of hydrogen-bond donors (Lipinski definition) is 1. The zero-order chi connectivity index (χ0) is 15.6. The van der Waals surface area contributed by atoms with Crippen molar-refractivity contribution in [3.63, 3.8) is 0 Å². The molecule has 5 heteroatoms. The van der Waals surface area contributed by atoms with Crippen LogP contribution in [0.4, 0.5) is 25.8 Å². The smallest absolute Gasteiger partial charge is 0.150 e. The molecular formula is C16H15F2N3. The monoisotopic (exact) mass is 287 g/mol. The zero-order valence-corrected chi connectivity index (χ0v) is 12.0. The lowest BCUT2D eigenvalue weighted by molar-refractivity contribution is 0.590. The second-order valence-electron chi connectivity index (χ2n) is 4.95. The van der Waals surface area contributed by atoms with Crippen molar-refractivity contribution in [3.8, 4) is 6.07 Å². The van der Waals surface area contributed by atoms with E-state index >= 15 is 0 Å². The van der Waals surface area contributed by atoms with Crippen LogP contribution in [-0.2, 0) is 0 Å². The quantitative estimate of drug-likeness (QED) is 0.929. The summed E-state index contributed by atoms with van der Waals surface area (Å²) in [5.41, 5.74) is 2.28. The molecule has 0 aliphatic carbocycles. The molecular weight excluding hydrogens is 272 g/mol. The molecule has 3 nitrogen and oxygen atoms in total. The van der Waals surface area contributed by atoms with E-state index in [1.54, 1.807) is 12.1 Å². The van der Waals surface area contributed by atoms with Gasteiger partial charge in [0.1, 0.15) is 5.69 Å². The summed E-state index contributed by atoms with van der Waals surface area (Å²) in [6, 6.07) is 9.16. The molecule has 2 aromatic rings. The summed E-state index contributed by atoms with van der Waals surface area (Å²) in [4.78, 5) is 1.92. The Balaban J connectivity index is 2.39. The normalized spacial score (nSPS) is 10.1. The molecule has 0 radical (unpaired) electrons. The second kappa shape index (κ2) is 5.80. The van der Waals surface area contributed by atoms with Crippen molar-refractivity contribution in [3.05, 3.63) is 53.1 Å². The number of hydrogen-bond acceptors (Lipinski definition) is 3. The Hall–Kier alpha value is -2.61. The minimum atomic E-state index is -0.793. The van der Waals surface area contributed by atoms with Crippen LogP contribution in [0.25, 0.3) is 0 Å². The predicted molar refractivity (Wildman–Crippen MR) is 79.9 cm³/mol. The maximum Gasteiger partial charge on any atom is 0.150 e. The average Bonchev–Trinajstić information content (AvgIpc) is 2.43. The van der Waals surface area contributed by atoms with Gasteiger partial charge in [0.2, 0.25) is 0 Å². The summed E-state index contributed by atoms with van der Waals surface area (Å²) >= 11 is 0. The average molecular weight is 287 g/mol. The van der Waals surface area contributed by atoms with Crippen molar-refractivity contribution in [2.45, 2.75) is 6.92 Å². The number of aryl methyl sites for hydroxylation is 1. The van der Waals surface area contributed by atoms with Crippen LogP contribution in [0.2, 0.25) is 0 Å². The van der Waals surface area contributed by atoms with Crippen LogP contribution in [0.5, 0.6) is 0 Å². The lowest BCUT2D eigenvalue weighted by Crippen LogP contribution is -2.10. The maximum absolute atomic E-state index is 13.9. The van der Waals surface area contributed by atoms with Gasteiger partial charge in [-0.1, -0.05) is 6.07 Å². The number of halogens is 2. The van der Waals surface area contributed by atoms with Gasteiger partial charge in [0.25, 0.3) is 0 Å². The SMILES string of the molecule is Cc1ccc(Nc2c(F)cc(C#N)cc2F)cc1N(C)C. The van der Waals surface area contributed by atoms with E-state index in [4.69, 9.17) is 5.26 Å². The van der Waals surface area contributed by atoms with E-state index in [1.165, 1.54) is 0 Å². The van der Waals surface area contributed by atoms with E-state index < -0.39 is 11.6 Å². The van der Waals surface area contributed by atoms with Crippen molar-refractivity contribution in [2.24, 2.45) is 0 Å². The fourth-order valence-corrected chi connectivity index (χ4v) is 2.07. The van der Waals surface area contributed by atoms with Crippen LogP contribution in [0.1, 0.15) is 11.1 Å². The molecule has 0 fully saturated rings. The first kappa shape index (κ1) is 14.8. The standard InChI is InChI=1S/C16H15F2N3/c1-10-4-5-12(8-15(10)21(2)3)20-16-13(17)6-11(9-19)7-14(16)18/h4-8,20H,1-3H3. The van der Waals surface area contributed by atoms with Gasteiger partial charge in [-0.15, -0.1) is 0 Å². The Morgan fingerprint density at radius 2 is 1.71 bits per heavy atom. The molecule has 0 heterocycles. The third-order valence-electron chi connectivity index (χ3n) is 3.13. The van der Waals surface area contributed by atoms with Crippen LogP contribution < -0.4 is 10.2 Å². The molecule has 2 rings (SSSR count). The first-order valence-corrected chi connectivity index (χ1v) is 6.36. The molecule has 0 unspecified atom stereocenters. The highest BCUT2D eigenvalue weighted by Crippen LogP contribution is 2.28. The first-order chi connectivity index (χ1) is 9.92. The number of anilines is 3. The van der Waals surface area contributed by atoms with Gasteiger partial charge < -0.3 is 10.2 Å². The Bertz CT molecular complexity index is 695.